The van der Waals surface area contributed by atoms with Crippen LogP contribution >= 0.6 is 11.3 Å². The second-order valence-corrected chi connectivity index (χ2v) is 6.54. The maximum absolute atomic E-state index is 12.5. The van der Waals surface area contributed by atoms with Crippen LogP contribution in [0.4, 0.5) is 0 Å². The maximum Gasteiger partial charge on any atom is 0.271 e. The summed E-state index contributed by atoms with van der Waals surface area (Å²) in [5.41, 5.74) is 0.468. The topological polar surface area (TPSA) is 72.7 Å². The van der Waals surface area contributed by atoms with Crippen molar-refractivity contribution in [1.29, 1.82) is 0 Å². The number of amides is 2. The quantitative estimate of drug-likeness (QED) is 0.899. The number of hydrogen-bond donors (Lipinski definition) is 1. The van der Waals surface area contributed by atoms with Crippen molar-refractivity contribution >= 4 is 23.2 Å². The van der Waals surface area contributed by atoms with E-state index in [1.807, 2.05) is 32.5 Å². The number of thiazole rings is 1. The third kappa shape index (κ3) is 4.32. The van der Waals surface area contributed by atoms with Gasteiger partial charge in [-0.1, -0.05) is 13.8 Å². The van der Waals surface area contributed by atoms with E-state index < -0.39 is 6.04 Å². The van der Waals surface area contributed by atoms with Gasteiger partial charge in [0.05, 0.1) is 7.11 Å². The van der Waals surface area contributed by atoms with Crippen LogP contribution in [0.1, 0.15) is 24.2 Å². The number of nitrogens with zero attached hydrogens (tertiary/aromatic N) is 2. The summed E-state index contributed by atoms with van der Waals surface area (Å²) in [6, 6.07) is 6.05. The van der Waals surface area contributed by atoms with E-state index in [0.29, 0.717) is 16.1 Å². The molecule has 0 fully saturated rings. The van der Waals surface area contributed by atoms with E-state index in [1.165, 1.54) is 11.3 Å². The fraction of sp³-hybridized carbons (Fsp3) is 0.353. The number of rotatable bonds is 5. The first kappa shape index (κ1) is 17.9. The second kappa shape index (κ2) is 7.92. The monoisotopic (exact) mass is 347 g/mol. The van der Waals surface area contributed by atoms with E-state index in [9.17, 15) is 9.59 Å². The molecular weight excluding hydrogens is 326 g/mol. The largest absolute Gasteiger partial charge is 0.497 e. The molecule has 2 aromatic rings. The molecule has 0 saturated heterocycles. The Balaban J connectivity index is 2.17. The van der Waals surface area contributed by atoms with Gasteiger partial charge in [0, 0.05) is 24.2 Å². The van der Waals surface area contributed by atoms with Crippen LogP contribution in [0.25, 0.3) is 0 Å². The zero-order valence-corrected chi connectivity index (χ0v) is 15.0. The van der Waals surface area contributed by atoms with Gasteiger partial charge in [0.1, 0.15) is 11.8 Å². The normalized spacial score (nSPS) is 13.0. The molecule has 128 valence electrons. The highest BCUT2D eigenvalue weighted by Crippen LogP contribution is 2.12. The van der Waals surface area contributed by atoms with Crippen molar-refractivity contribution in [2.24, 2.45) is 18.0 Å². The molecule has 0 aliphatic carbocycles. The maximum atomic E-state index is 12.5. The summed E-state index contributed by atoms with van der Waals surface area (Å²) in [5, 5.41) is 4.63. The number of aromatic nitrogens is 1. The number of carbonyl (C=O) groups is 2. The summed E-state index contributed by atoms with van der Waals surface area (Å²) in [6.07, 6.45) is 1.83. The van der Waals surface area contributed by atoms with Crippen LogP contribution < -0.4 is 14.9 Å². The summed E-state index contributed by atoms with van der Waals surface area (Å²) in [5.74, 6) is -0.0719. The lowest BCUT2D eigenvalue weighted by Gasteiger charge is -2.19. The Hall–Kier alpha value is -2.41. The summed E-state index contributed by atoms with van der Waals surface area (Å²) < 4.78 is 6.84. The van der Waals surface area contributed by atoms with Gasteiger partial charge >= 0.3 is 0 Å². The number of benzene rings is 1. The van der Waals surface area contributed by atoms with Gasteiger partial charge in [-0.05, 0) is 30.2 Å². The van der Waals surface area contributed by atoms with E-state index >= 15 is 0 Å². The molecule has 1 aromatic carbocycles. The van der Waals surface area contributed by atoms with E-state index in [0.717, 1.165) is 0 Å². The summed E-state index contributed by atoms with van der Waals surface area (Å²) in [7, 11) is 3.39. The Labute approximate surface area is 144 Å². The zero-order valence-electron chi connectivity index (χ0n) is 14.1. The van der Waals surface area contributed by atoms with Gasteiger partial charge in [-0.2, -0.15) is 4.99 Å². The molecule has 1 unspecified atom stereocenters. The van der Waals surface area contributed by atoms with Gasteiger partial charge in [0.15, 0.2) is 4.80 Å². The molecule has 0 saturated carbocycles. The molecule has 1 N–H and O–H groups in total. The lowest BCUT2D eigenvalue weighted by atomic mass is 10.0. The average Bonchev–Trinajstić information content (AvgIpc) is 2.97. The molecular formula is C17H21N3O3S. The van der Waals surface area contributed by atoms with Gasteiger partial charge in [-0.15, -0.1) is 11.3 Å². The van der Waals surface area contributed by atoms with Gasteiger partial charge in [0.25, 0.3) is 11.8 Å². The first-order chi connectivity index (χ1) is 11.4. The molecule has 7 heteroatoms. The minimum absolute atomic E-state index is 0.0753. The van der Waals surface area contributed by atoms with Crippen molar-refractivity contribution < 1.29 is 14.3 Å². The first-order valence-electron chi connectivity index (χ1n) is 7.56. The molecule has 0 aliphatic heterocycles. The number of ether oxygens (including phenoxy) is 1. The Morgan fingerprint density at radius 2 is 1.92 bits per heavy atom. The molecule has 1 atom stereocenters. The predicted molar refractivity (Wildman–Crippen MR) is 92.9 cm³/mol. The van der Waals surface area contributed by atoms with Crippen LogP contribution in [-0.4, -0.2) is 29.5 Å². The van der Waals surface area contributed by atoms with Crippen LogP contribution in [0, 0.1) is 5.92 Å². The Morgan fingerprint density at radius 3 is 2.42 bits per heavy atom. The van der Waals surface area contributed by atoms with E-state index in [4.69, 9.17) is 4.74 Å². The number of nitrogens with one attached hydrogen (secondary N) is 1. The van der Waals surface area contributed by atoms with Crippen molar-refractivity contribution in [3.63, 3.8) is 0 Å². The lowest BCUT2D eigenvalue weighted by Crippen LogP contribution is -2.44. The number of carbonyl (C=O) groups excluding carboxylic acids is 2. The standard InChI is InChI=1S/C17H21N3O3S/c1-11(2)14(16(22)19-17-20(3)9-10-24-17)18-15(21)12-5-7-13(23-4)8-6-12/h5-11,14H,1-4H3,(H,18,21). The molecule has 24 heavy (non-hydrogen) atoms. The fourth-order valence-electron chi connectivity index (χ4n) is 2.08. The van der Waals surface area contributed by atoms with Crippen molar-refractivity contribution in [3.8, 4) is 5.75 Å². The predicted octanol–water partition coefficient (Wildman–Crippen LogP) is 1.98. The molecule has 1 heterocycles. The smallest absolute Gasteiger partial charge is 0.271 e. The Bertz CT molecular complexity index is 775. The van der Waals surface area contributed by atoms with Crippen LogP contribution in [-0.2, 0) is 11.8 Å². The highest BCUT2D eigenvalue weighted by Gasteiger charge is 2.24. The third-order valence-corrected chi connectivity index (χ3v) is 4.38. The second-order valence-electron chi connectivity index (χ2n) is 5.67. The summed E-state index contributed by atoms with van der Waals surface area (Å²) >= 11 is 1.38. The van der Waals surface area contributed by atoms with Crippen molar-refractivity contribution in [2.75, 3.05) is 7.11 Å². The SMILES string of the molecule is COc1ccc(C(=O)NC(C(=O)N=c2sccn2C)C(C)C)cc1. The molecule has 0 spiro atoms. The van der Waals surface area contributed by atoms with Gasteiger partial charge in [-0.25, -0.2) is 0 Å². The van der Waals surface area contributed by atoms with Gasteiger partial charge < -0.3 is 14.6 Å². The molecule has 2 amide bonds. The van der Waals surface area contributed by atoms with E-state index in [1.54, 1.807) is 35.9 Å². The van der Waals surface area contributed by atoms with E-state index in [-0.39, 0.29) is 17.7 Å². The molecule has 0 radical (unpaired) electrons. The number of aryl methyl sites for hydroxylation is 1. The number of hydrogen-bond acceptors (Lipinski definition) is 4. The van der Waals surface area contributed by atoms with Gasteiger partial charge in [-0.3, -0.25) is 9.59 Å². The zero-order chi connectivity index (χ0) is 17.7. The third-order valence-electron chi connectivity index (χ3n) is 3.54. The molecule has 0 bridgehead atoms. The van der Waals surface area contributed by atoms with Crippen LogP contribution in [0.3, 0.4) is 0 Å². The highest BCUT2D eigenvalue weighted by atomic mass is 32.1. The van der Waals surface area contributed by atoms with Crippen LogP contribution in [0.5, 0.6) is 5.75 Å². The summed E-state index contributed by atoms with van der Waals surface area (Å²) in [4.78, 5) is 29.6. The van der Waals surface area contributed by atoms with E-state index in [2.05, 4.69) is 10.3 Å². The molecule has 0 aliphatic rings. The minimum Gasteiger partial charge on any atom is -0.497 e. The van der Waals surface area contributed by atoms with Crippen molar-refractivity contribution in [1.82, 2.24) is 9.88 Å². The molecule has 6 nitrogen and oxygen atoms in total. The van der Waals surface area contributed by atoms with Crippen LogP contribution in [0.2, 0.25) is 0 Å². The molecule has 2 rings (SSSR count). The minimum atomic E-state index is -0.679. The van der Waals surface area contributed by atoms with Gasteiger partial charge in [0.2, 0.25) is 0 Å². The average molecular weight is 347 g/mol. The van der Waals surface area contributed by atoms with Crippen LogP contribution in [0.15, 0.2) is 40.8 Å². The summed E-state index contributed by atoms with van der Waals surface area (Å²) in [6.45, 7) is 3.75. The Kier molecular flexibility index (Phi) is 5.92. The van der Waals surface area contributed by atoms with Crippen molar-refractivity contribution in [3.05, 3.63) is 46.2 Å². The van der Waals surface area contributed by atoms with Crippen molar-refractivity contribution in [2.45, 2.75) is 19.9 Å². The Morgan fingerprint density at radius 1 is 1.25 bits per heavy atom. The molecule has 1 aromatic heterocycles. The lowest BCUT2D eigenvalue weighted by molar-refractivity contribution is -0.120. The number of methoxy groups -OCH3 is 1. The highest BCUT2D eigenvalue weighted by molar-refractivity contribution is 7.07. The first-order valence-corrected chi connectivity index (χ1v) is 8.44. The fourth-order valence-corrected chi connectivity index (χ4v) is 2.81.